The molecule has 0 atom stereocenters. The Morgan fingerprint density at radius 1 is 0.524 bits per heavy atom. The summed E-state index contributed by atoms with van der Waals surface area (Å²) in [6, 6.07) is 6.73. The molecule has 2 aliphatic carbocycles. The molecule has 14 nitrogen and oxygen atoms in total. The first-order valence-electron chi connectivity index (χ1n) is 27.4. The van der Waals surface area contributed by atoms with E-state index in [4.69, 9.17) is 11.4 Å². The highest BCUT2D eigenvalue weighted by atomic mass is 28.3. The normalized spacial score (nSPS) is 14.4. The average Bonchev–Trinajstić information content (AvgIpc) is 4.47. The van der Waals surface area contributed by atoms with Crippen LogP contribution in [0.2, 0.25) is 19.6 Å². The first-order chi connectivity index (χ1) is 39.4. The number of hydrogen-bond acceptors (Lipinski definition) is 12. The van der Waals surface area contributed by atoms with E-state index in [1.165, 1.54) is 54.4 Å². The van der Waals surface area contributed by atoms with Gasteiger partial charge in [-0.15, -0.1) is 22.2 Å². The van der Waals surface area contributed by atoms with Crippen molar-refractivity contribution in [3.63, 3.8) is 0 Å². The minimum Gasteiger partial charge on any atom is -0.356 e. The maximum atomic E-state index is 13.7. The van der Waals surface area contributed by atoms with E-state index in [-0.39, 0.29) is 61.3 Å². The number of nitrogens with zero attached hydrogens (tertiary/aromatic N) is 14. The number of hydrogen-bond donors (Lipinski definition) is 0. The summed E-state index contributed by atoms with van der Waals surface area (Å²) in [4.78, 5) is 19.0. The second-order valence-corrected chi connectivity index (χ2v) is 26.9. The van der Waals surface area contributed by atoms with Crippen LogP contribution >= 0.6 is 0 Å². The summed E-state index contributed by atoms with van der Waals surface area (Å²) in [5.74, 6) is 8.19. The molecule has 4 aromatic heterocycles. The number of aryl methyl sites for hydroxylation is 2. The van der Waals surface area contributed by atoms with E-state index in [0.29, 0.717) is 70.9 Å². The van der Waals surface area contributed by atoms with Crippen LogP contribution in [0, 0.1) is 35.6 Å². The van der Waals surface area contributed by atoms with Crippen LogP contribution in [0.15, 0.2) is 60.9 Å². The van der Waals surface area contributed by atoms with Crippen LogP contribution in [0.4, 0.5) is 76.2 Å². The number of rotatable bonds is 18. The highest BCUT2D eigenvalue weighted by Crippen LogP contribution is 2.40. The molecule has 452 valence electrons. The zero-order valence-corrected chi connectivity index (χ0v) is 48.6. The molecule has 2 aliphatic rings. The third-order valence-corrected chi connectivity index (χ3v) is 15.1. The van der Waals surface area contributed by atoms with Gasteiger partial charge in [-0.25, -0.2) is 9.97 Å². The van der Waals surface area contributed by atoms with E-state index in [0.717, 1.165) is 55.7 Å². The fourth-order valence-corrected chi connectivity index (χ4v) is 10.7. The lowest BCUT2D eigenvalue weighted by atomic mass is 10.0. The smallest absolute Gasteiger partial charge is 0.356 e. The number of alkyl halides is 12. The quantitative estimate of drug-likeness (QED) is 0.0462. The molecule has 0 N–H and O–H groups in total. The van der Waals surface area contributed by atoms with Gasteiger partial charge >= 0.3 is 24.7 Å². The number of terminal acetylenes is 1. The van der Waals surface area contributed by atoms with Gasteiger partial charge in [-0.2, -0.15) is 62.3 Å². The summed E-state index contributed by atoms with van der Waals surface area (Å²) in [5.41, 5.74) is -0.110. The summed E-state index contributed by atoms with van der Waals surface area (Å²) in [6.45, 7) is 12.7. The lowest BCUT2D eigenvalue weighted by Gasteiger charge is -2.29. The Morgan fingerprint density at radius 3 is 1.19 bits per heavy atom. The maximum absolute atomic E-state index is 13.7. The largest absolute Gasteiger partial charge is 0.416 e. The van der Waals surface area contributed by atoms with E-state index in [1.807, 2.05) is 19.9 Å². The zero-order valence-electron chi connectivity index (χ0n) is 47.6. The molecule has 0 radical (unpaired) electrons. The van der Waals surface area contributed by atoms with Gasteiger partial charge in [0, 0.05) is 73.9 Å². The van der Waals surface area contributed by atoms with Gasteiger partial charge in [0.05, 0.1) is 49.4 Å². The summed E-state index contributed by atoms with van der Waals surface area (Å²) < 4.78 is 163. The SMILES string of the molecule is C#Cc1cnc(N(CC)CC2CCCC2)c(CN(Cc2cc(C(F)(F)F)cc(C(F)(F)F)c2)c2nnn(C)n2)c1.CCN(CC1CCCC1)c1ncc(C#C[Si](C)(C)C)cc1CN(Cc1cc(C(F)(F)F)cc(C(F)(F)F)c1)c1nnn(C)n1. The molecule has 84 heavy (non-hydrogen) atoms. The summed E-state index contributed by atoms with van der Waals surface area (Å²) in [6.07, 6.45) is -1.78. The molecule has 2 aromatic carbocycles. The van der Waals surface area contributed by atoms with Crippen molar-refractivity contribution in [3.8, 4) is 23.8 Å². The van der Waals surface area contributed by atoms with Crippen molar-refractivity contribution in [1.29, 1.82) is 0 Å². The molecule has 6 aromatic rings. The van der Waals surface area contributed by atoms with Crippen LogP contribution in [0.5, 0.6) is 0 Å². The van der Waals surface area contributed by atoms with Gasteiger partial charge in [0.25, 0.3) is 11.9 Å². The molecular formula is C57H66F12N14Si. The van der Waals surface area contributed by atoms with Crippen molar-refractivity contribution in [2.45, 2.75) is 136 Å². The molecule has 0 saturated heterocycles. The van der Waals surface area contributed by atoms with Gasteiger partial charge in [0.2, 0.25) is 0 Å². The standard InChI is InChI=1S/C30H37F6N7Si.C27H29F6N7/c1-6-42(18-21-9-7-8-10-21)27-24(13-22(17-37-27)11-12-44(3,4)5)20-43(28-38-40-41(2)39-28)19-23-14-25(29(31,32)33)16-26(15-23)30(34,35)36;1-4-18-10-21(24(34-14-18)39(5-2)15-19-8-6-7-9-19)17-40(25-35-37-38(3)36-25)16-20-11-22(26(28,29)30)13-23(12-20)27(31,32)33/h13-17,21H,6-10,18-20H2,1-5H3;1,10-14,19H,5-9,15-17H2,2-3H3. The van der Waals surface area contributed by atoms with Gasteiger partial charge in [-0.1, -0.05) is 67.4 Å². The minimum absolute atomic E-state index is 0.0162. The monoisotopic (exact) mass is 1200 g/mol. The fraction of sp³-hybridized carbons (Fsp3) is 0.509. The molecular weight excluding hydrogens is 1140 g/mol. The minimum atomic E-state index is -4.97. The molecule has 0 unspecified atom stereocenters. The Hall–Kier alpha value is -7.42. The number of benzene rings is 2. The third kappa shape index (κ3) is 17.8. The predicted octanol–water partition coefficient (Wildman–Crippen LogP) is 12.9. The molecule has 0 aliphatic heterocycles. The molecule has 0 spiro atoms. The number of tetrazole rings is 2. The molecule has 8 rings (SSSR count). The van der Waals surface area contributed by atoms with Gasteiger partial charge in [0.15, 0.2) is 0 Å². The van der Waals surface area contributed by atoms with Crippen LogP contribution in [0.1, 0.15) is 121 Å². The summed E-state index contributed by atoms with van der Waals surface area (Å²) >= 11 is 0. The van der Waals surface area contributed by atoms with E-state index in [1.54, 1.807) is 18.5 Å². The second-order valence-electron chi connectivity index (χ2n) is 22.1. The van der Waals surface area contributed by atoms with Crippen molar-refractivity contribution >= 4 is 31.6 Å². The molecule has 0 amide bonds. The molecule has 4 heterocycles. The maximum Gasteiger partial charge on any atom is 0.416 e. The van der Waals surface area contributed by atoms with Crippen LogP contribution in [-0.4, -0.2) is 84.6 Å². The number of aromatic nitrogens is 10. The van der Waals surface area contributed by atoms with Crippen molar-refractivity contribution < 1.29 is 52.7 Å². The Labute approximate surface area is 481 Å². The van der Waals surface area contributed by atoms with E-state index in [2.05, 4.69) is 82.6 Å². The molecule has 2 fully saturated rings. The highest BCUT2D eigenvalue weighted by Gasteiger charge is 2.39. The molecule has 2 saturated carbocycles. The fourth-order valence-electron chi connectivity index (χ4n) is 10.2. The molecule has 27 heteroatoms. The van der Waals surface area contributed by atoms with Gasteiger partial charge in [-0.3, -0.25) is 0 Å². The van der Waals surface area contributed by atoms with Crippen LogP contribution in [-0.2, 0) is 65.0 Å². The van der Waals surface area contributed by atoms with Crippen LogP contribution in [0.3, 0.4) is 0 Å². The summed E-state index contributed by atoms with van der Waals surface area (Å²) in [5, 5.41) is 24.1. The summed E-state index contributed by atoms with van der Waals surface area (Å²) in [7, 11) is 1.31. The Morgan fingerprint density at radius 2 is 0.881 bits per heavy atom. The second kappa shape index (κ2) is 26.7. The van der Waals surface area contributed by atoms with Crippen molar-refractivity contribution in [2.75, 3.05) is 45.8 Å². The van der Waals surface area contributed by atoms with E-state index >= 15 is 0 Å². The highest BCUT2D eigenvalue weighted by molar-refractivity contribution is 6.83. The number of pyridine rings is 2. The van der Waals surface area contributed by atoms with Gasteiger partial charge in [0.1, 0.15) is 19.7 Å². The van der Waals surface area contributed by atoms with Crippen molar-refractivity contribution in [3.05, 3.63) is 117 Å². The first-order valence-corrected chi connectivity index (χ1v) is 30.9. The van der Waals surface area contributed by atoms with Crippen LogP contribution in [0.25, 0.3) is 0 Å². The van der Waals surface area contributed by atoms with Crippen molar-refractivity contribution in [1.82, 2.24) is 50.4 Å². The van der Waals surface area contributed by atoms with E-state index < -0.39 is 55.0 Å². The number of anilines is 4. The predicted molar refractivity (Wildman–Crippen MR) is 297 cm³/mol. The van der Waals surface area contributed by atoms with Gasteiger partial charge < -0.3 is 19.6 Å². The zero-order chi connectivity index (χ0) is 61.4. The Kier molecular flexibility index (Phi) is 20.4. The average molecular weight is 1200 g/mol. The van der Waals surface area contributed by atoms with Gasteiger partial charge in [-0.05, 0) is 121 Å². The first kappa shape index (κ1) is 64.1. The Bertz CT molecular complexity index is 3220. The lowest BCUT2D eigenvalue weighted by molar-refractivity contribution is -0.144. The Balaban J connectivity index is 0.000000242. The van der Waals surface area contributed by atoms with Crippen molar-refractivity contribution in [2.24, 2.45) is 25.9 Å². The number of halogens is 12. The lowest BCUT2D eigenvalue weighted by Crippen LogP contribution is -2.32. The molecule has 0 bridgehead atoms. The van der Waals surface area contributed by atoms with Crippen LogP contribution < -0.4 is 19.6 Å². The third-order valence-electron chi connectivity index (χ3n) is 14.2. The topological polar surface area (TPSA) is 126 Å². The van der Waals surface area contributed by atoms with E-state index in [9.17, 15) is 52.7 Å².